The Morgan fingerprint density at radius 3 is 3.00 bits per heavy atom. The first kappa shape index (κ1) is 13.2. The number of rotatable bonds is 6. The lowest BCUT2D eigenvalue weighted by atomic mass is 10.2. The summed E-state index contributed by atoms with van der Waals surface area (Å²) >= 11 is 0. The third-order valence-electron chi connectivity index (χ3n) is 4.53. The number of hydrogen-bond donors (Lipinski definition) is 1. The molecule has 1 atom stereocenters. The molecule has 1 N–H and O–H groups in total. The Bertz CT molecular complexity index is 564. The summed E-state index contributed by atoms with van der Waals surface area (Å²) in [5.74, 6) is 1.72. The summed E-state index contributed by atoms with van der Waals surface area (Å²) in [6.45, 7) is 4.50. The molecule has 2 aliphatic rings. The molecule has 3 heterocycles. The van der Waals surface area contributed by atoms with Gasteiger partial charge in [0.1, 0.15) is 0 Å². The molecule has 2 aromatic heterocycles. The second-order valence-corrected chi connectivity index (χ2v) is 6.49. The molecule has 1 saturated heterocycles. The van der Waals surface area contributed by atoms with E-state index in [9.17, 15) is 0 Å². The largest absolute Gasteiger partial charge is 0.313 e. The van der Waals surface area contributed by atoms with E-state index < -0.39 is 0 Å². The highest BCUT2D eigenvalue weighted by Gasteiger charge is 2.26. The van der Waals surface area contributed by atoms with Crippen LogP contribution in [0.1, 0.15) is 31.4 Å². The molecular weight excluding hydrogens is 262 g/mol. The van der Waals surface area contributed by atoms with Crippen LogP contribution in [0.2, 0.25) is 0 Å². The molecule has 5 nitrogen and oxygen atoms in total. The van der Waals surface area contributed by atoms with E-state index in [2.05, 4.69) is 26.4 Å². The second kappa shape index (κ2) is 5.73. The summed E-state index contributed by atoms with van der Waals surface area (Å²) in [7, 11) is 0. The van der Waals surface area contributed by atoms with Crippen LogP contribution in [-0.4, -0.2) is 44.9 Å². The zero-order valence-electron chi connectivity index (χ0n) is 12.4. The summed E-state index contributed by atoms with van der Waals surface area (Å²) < 4.78 is 2.01. The first-order chi connectivity index (χ1) is 10.4. The van der Waals surface area contributed by atoms with Crippen molar-refractivity contribution in [3.63, 3.8) is 0 Å². The zero-order chi connectivity index (χ0) is 14.1. The van der Waals surface area contributed by atoms with Gasteiger partial charge in [0.25, 0.3) is 0 Å². The van der Waals surface area contributed by atoms with E-state index in [1.807, 2.05) is 16.7 Å². The molecule has 1 saturated carbocycles. The van der Waals surface area contributed by atoms with Crippen LogP contribution >= 0.6 is 0 Å². The van der Waals surface area contributed by atoms with Gasteiger partial charge in [-0.3, -0.25) is 9.30 Å². The molecule has 0 amide bonds. The fourth-order valence-corrected chi connectivity index (χ4v) is 3.28. The van der Waals surface area contributed by atoms with Gasteiger partial charge in [0.05, 0.1) is 5.69 Å². The molecule has 2 fully saturated rings. The summed E-state index contributed by atoms with van der Waals surface area (Å²) in [6.07, 6.45) is 11.4. The quantitative estimate of drug-likeness (QED) is 0.877. The van der Waals surface area contributed by atoms with Crippen molar-refractivity contribution in [2.75, 3.05) is 19.6 Å². The molecule has 0 radical (unpaired) electrons. The van der Waals surface area contributed by atoms with Gasteiger partial charge in [-0.2, -0.15) is 0 Å². The topological polar surface area (TPSA) is 45.5 Å². The molecular formula is C16H23N5. The van der Waals surface area contributed by atoms with Crippen molar-refractivity contribution in [3.8, 4) is 0 Å². The van der Waals surface area contributed by atoms with Crippen LogP contribution in [0.4, 0.5) is 0 Å². The lowest BCUT2D eigenvalue weighted by molar-refractivity contribution is 0.229. The van der Waals surface area contributed by atoms with E-state index in [1.165, 1.54) is 38.8 Å². The van der Waals surface area contributed by atoms with E-state index >= 15 is 0 Å². The van der Waals surface area contributed by atoms with Gasteiger partial charge in [0, 0.05) is 44.3 Å². The minimum atomic E-state index is 0.666. The van der Waals surface area contributed by atoms with Crippen molar-refractivity contribution in [1.82, 2.24) is 24.6 Å². The first-order valence-electron chi connectivity index (χ1n) is 8.11. The molecule has 112 valence electrons. The summed E-state index contributed by atoms with van der Waals surface area (Å²) in [5, 5.41) is 3.61. The van der Waals surface area contributed by atoms with Crippen LogP contribution in [0, 0.1) is 5.92 Å². The standard InChI is InChI=1S/C16H23N5/c1-3-14(17-6-1)10-20(9-13-4-5-13)11-15-12-21-8-2-7-18-16(21)19-15/h2,7-8,12-14,17H,1,3-6,9-11H2. The molecule has 4 rings (SSSR count). The Morgan fingerprint density at radius 1 is 1.29 bits per heavy atom. The van der Waals surface area contributed by atoms with Crippen molar-refractivity contribution in [3.05, 3.63) is 30.4 Å². The molecule has 2 aromatic rings. The van der Waals surface area contributed by atoms with E-state index in [1.54, 1.807) is 6.20 Å². The van der Waals surface area contributed by atoms with Gasteiger partial charge in [0.2, 0.25) is 5.78 Å². The van der Waals surface area contributed by atoms with Gasteiger partial charge in [0.15, 0.2) is 0 Å². The lowest BCUT2D eigenvalue weighted by Crippen LogP contribution is -2.38. The van der Waals surface area contributed by atoms with Crippen molar-refractivity contribution in [2.24, 2.45) is 5.92 Å². The number of nitrogens with one attached hydrogen (secondary N) is 1. The van der Waals surface area contributed by atoms with Crippen LogP contribution in [0.3, 0.4) is 0 Å². The minimum Gasteiger partial charge on any atom is -0.313 e. The highest BCUT2D eigenvalue weighted by atomic mass is 15.2. The Labute approximate surface area is 125 Å². The predicted octanol–water partition coefficient (Wildman–Crippen LogP) is 1.69. The Morgan fingerprint density at radius 2 is 2.24 bits per heavy atom. The van der Waals surface area contributed by atoms with E-state index in [0.717, 1.165) is 30.5 Å². The normalized spacial score (nSPS) is 22.4. The lowest BCUT2D eigenvalue weighted by Gasteiger charge is -2.24. The summed E-state index contributed by atoms with van der Waals surface area (Å²) in [6, 6.07) is 2.61. The molecule has 1 aliphatic carbocycles. The van der Waals surface area contributed by atoms with Gasteiger partial charge in [-0.25, -0.2) is 9.97 Å². The number of fused-ring (bicyclic) bond motifs is 1. The van der Waals surface area contributed by atoms with Crippen molar-refractivity contribution in [1.29, 1.82) is 0 Å². The average Bonchev–Trinajstić information content (AvgIpc) is 3.00. The van der Waals surface area contributed by atoms with Crippen LogP contribution in [-0.2, 0) is 6.54 Å². The Balaban J connectivity index is 1.46. The van der Waals surface area contributed by atoms with Crippen LogP contribution in [0.5, 0.6) is 0 Å². The number of aromatic nitrogens is 3. The fourth-order valence-electron chi connectivity index (χ4n) is 3.28. The van der Waals surface area contributed by atoms with Crippen molar-refractivity contribution in [2.45, 2.75) is 38.3 Å². The zero-order valence-corrected chi connectivity index (χ0v) is 12.4. The van der Waals surface area contributed by atoms with E-state index in [-0.39, 0.29) is 0 Å². The Kier molecular flexibility index (Phi) is 3.61. The van der Waals surface area contributed by atoms with Crippen molar-refractivity contribution < 1.29 is 0 Å². The predicted molar refractivity (Wildman–Crippen MR) is 82.0 cm³/mol. The molecule has 0 spiro atoms. The average molecular weight is 285 g/mol. The SMILES string of the molecule is c1cnc2nc(CN(CC3CC3)CC3CCCN3)cn2c1. The number of imidazole rings is 1. The van der Waals surface area contributed by atoms with Gasteiger partial charge in [-0.1, -0.05) is 0 Å². The summed E-state index contributed by atoms with van der Waals surface area (Å²) in [5.41, 5.74) is 1.13. The third-order valence-corrected chi connectivity index (χ3v) is 4.53. The van der Waals surface area contributed by atoms with Crippen LogP contribution in [0.15, 0.2) is 24.7 Å². The van der Waals surface area contributed by atoms with E-state index in [0.29, 0.717) is 6.04 Å². The van der Waals surface area contributed by atoms with Gasteiger partial charge in [-0.05, 0) is 44.2 Å². The molecule has 1 unspecified atom stereocenters. The molecule has 0 aromatic carbocycles. The molecule has 5 heteroatoms. The fraction of sp³-hybridized carbons (Fsp3) is 0.625. The molecule has 21 heavy (non-hydrogen) atoms. The van der Waals surface area contributed by atoms with Crippen LogP contribution in [0.25, 0.3) is 5.78 Å². The van der Waals surface area contributed by atoms with Crippen molar-refractivity contribution >= 4 is 5.78 Å². The molecule has 1 aliphatic heterocycles. The van der Waals surface area contributed by atoms with E-state index in [4.69, 9.17) is 0 Å². The highest BCUT2D eigenvalue weighted by Crippen LogP contribution is 2.30. The summed E-state index contributed by atoms with van der Waals surface area (Å²) in [4.78, 5) is 11.5. The maximum Gasteiger partial charge on any atom is 0.233 e. The molecule has 0 bridgehead atoms. The smallest absolute Gasteiger partial charge is 0.233 e. The number of nitrogens with zero attached hydrogens (tertiary/aromatic N) is 4. The van der Waals surface area contributed by atoms with Crippen LogP contribution < -0.4 is 5.32 Å². The highest BCUT2D eigenvalue weighted by molar-refractivity contribution is 5.29. The number of hydrogen-bond acceptors (Lipinski definition) is 4. The third kappa shape index (κ3) is 3.24. The first-order valence-corrected chi connectivity index (χ1v) is 8.11. The second-order valence-electron chi connectivity index (χ2n) is 6.49. The van der Waals surface area contributed by atoms with Gasteiger partial charge in [-0.15, -0.1) is 0 Å². The monoisotopic (exact) mass is 285 g/mol. The maximum atomic E-state index is 4.64. The van der Waals surface area contributed by atoms with Gasteiger partial charge >= 0.3 is 0 Å². The Hall–Kier alpha value is -1.46. The maximum absolute atomic E-state index is 4.64. The van der Waals surface area contributed by atoms with Gasteiger partial charge < -0.3 is 5.32 Å². The minimum absolute atomic E-state index is 0.666.